The minimum Gasteiger partial charge on any atom is -0.339 e. The molecule has 0 amide bonds. The highest BCUT2D eigenvalue weighted by molar-refractivity contribution is 5.65. The van der Waals surface area contributed by atoms with Crippen molar-refractivity contribution in [2.45, 2.75) is 13.1 Å². The lowest BCUT2D eigenvalue weighted by Gasteiger charge is -2.12. The molecule has 1 aromatic carbocycles. The molecule has 0 aliphatic carbocycles. The SMILES string of the molecule is Cc1ccc(F)cc1Nc1nc(C(F)(F)F)ccc1C#N. The predicted molar refractivity (Wildman–Crippen MR) is 68.4 cm³/mol. The van der Waals surface area contributed by atoms with E-state index in [0.29, 0.717) is 5.56 Å². The number of nitrogens with one attached hydrogen (secondary N) is 1. The summed E-state index contributed by atoms with van der Waals surface area (Å²) in [5, 5.41) is 11.5. The van der Waals surface area contributed by atoms with Gasteiger partial charge in [0, 0.05) is 5.69 Å². The van der Waals surface area contributed by atoms with Crippen molar-refractivity contribution in [3.05, 3.63) is 53.0 Å². The first kappa shape index (κ1) is 14.8. The largest absolute Gasteiger partial charge is 0.433 e. The van der Waals surface area contributed by atoms with E-state index in [9.17, 15) is 17.6 Å². The zero-order chi connectivity index (χ0) is 15.6. The van der Waals surface area contributed by atoms with Crippen LogP contribution in [0.3, 0.4) is 0 Å². The number of aryl methyl sites for hydroxylation is 1. The molecular weight excluding hydrogens is 286 g/mol. The minimum absolute atomic E-state index is 0.0633. The van der Waals surface area contributed by atoms with E-state index in [0.717, 1.165) is 18.2 Å². The zero-order valence-corrected chi connectivity index (χ0v) is 10.8. The maximum atomic E-state index is 13.2. The van der Waals surface area contributed by atoms with Crippen molar-refractivity contribution in [3.63, 3.8) is 0 Å². The molecular formula is C14H9F4N3. The molecule has 0 atom stereocenters. The molecule has 1 heterocycles. The van der Waals surface area contributed by atoms with E-state index in [1.54, 1.807) is 13.0 Å². The Labute approximate surface area is 117 Å². The summed E-state index contributed by atoms with van der Waals surface area (Å²) in [7, 11) is 0. The number of rotatable bonds is 2. The molecule has 1 aromatic heterocycles. The van der Waals surface area contributed by atoms with Crippen LogP contribution in [-0.2, 0) is 6.18 Å². The fourth-order valence-corrected chi connectivity index (χ4v) is 1.66. The van der Waals surface area contributed by atoms with Gasteiger partial charge in [-0.1, -0.05) is 6.07 Å². The van der Waals surface area contributed by atoms with Crippen molar-refractivity contribution >= 4 is 11.5 Å². The summed E-state index contributed by atoms with van der Waals surface area (Å²) in [6.45, 7) is 1.65. The summed E-state index contributed by atoms with van der Waals surface area (Å²) in [4.78, 5) is 3.40. The molecule has 108 valence electrons. The predicted octanol–water partition coefficient (Wildman–Crippen LogP) is 4.16. The van der Waals surface area contributed by atoms with E-state index in [-0.39, 0.29) is 17.1 Å². The summed E-state index contributed by atoms with van der Waals surface area (Å²) in [6.07, 6.45) is -4.62. The number of pyridine rings is 1. The van der Waals surface area contributed by atoms with Gasteiger partial charge >= 0.3 is 6.18 Å². The summed E-state index contributed by atoms with van der Waals surface area (Å²) in [5.74, 6) is -0.811. The van der Waals surface area contributed by atoms with Crippen molar-refractivity contribution < 1.29 is 17.6 Å². The fraction of sp³-hybridized carbons (Fsp3) is 0.143. The van der Waals surface area contributed by atoms with E-state index >= 15 is 0 Å². The van der Waals surface area contributed by atoms with Crippen LogP contribution in [0.1, 0.15) is 16.8 Å². The molecule has 0 spiro atoms. The van der Waals surface area contributed by atoms with E-state index < -0.39 is 17.7 Å². The number of aromatic nitrogens is 1. The highest BCUT2D eigenvalue weighted by atomic mass is 19.4. The molecule has 0 saturated heterocycles. The normalized spacial score (nSPS) is 11.0. The molecule has 2 rings (SSSR count). The second-order valence-electron chi connectivity index (χ2n) is 4.29. The van der Waals surface area contributed by atoms with E-state index in [1.807, 2.05) is 0 Å². The van der Waals surface area contributed by atoms with Crippen molar-refractivity contribution in [2.75, 3.05) is 5.32 Å². The number of nitriles is 1. The first-order valence-corrected chi connectivity index (χ1v) is 5.83. The van der Waals surface area contributed by atoms with Crippen molar-refractivity contribution in [1.29, 1.82) is 5.26 Å². The van der Waals surface area contributed by atoms with Gasteiger partial charge in [-0.15, -0.1) is 0 Å². The van der Waals surface area contributed by atoms with Crippen LogP contribution in [0.5, 0.6) is 0 Å². The molecule has 3 nitrogen and oxygen atoms in total. The van der Waals surface area contributed by atoms with Crippen LogP contribution in [0, 0.1) is 24.1 Å². The second kappa shape index (κ2) is 5.40. The van der Waals surface area contributed by atoms with Crippen LogP contribution in [-0.4, -0.2) is 4.98 Å². The molecule has 1 N–H and O–H groups in total. The number of benzene rings is 1. The Morgan fingerprint density at radius 2 is 1.90 bits per heavy atom. The first-order valence-electron chi connectivity index (χ1n) is 5.83. The summed E-state index contributed by atoms with van der Waals surface area (Å²) >= 11 is 0. The number of anilines is 2. The third kappa shape index (κ3) is 3.28. The van der Waals surface area contributed by atoms with E-state index in [2.05, 4.69) is 10.3 Å². The van der Waals surface area contributed by atoms with E-state index in [4.69, 9.17) is 5.26 Å². The molecule has 0 fully saturated rings. The molecule has 0 unspecified atom stereocenters. The smallest absolute Gasteiger partial charge is 0.339 e. The Morgan fingerprint density at radius 3 is 2.52 bits per heavy atom. The monoisotopic (exact) mass is 295 g/mol. The minimum atomic E-state index is -4.62. The van der Waals surface area contributed by atoms with Crippen LogP contribution >= 0.6 is 0 Å². The lowest BCUT2D eigenvalue weighted by atomic mass is 10.2. The molecule has 0 bridgehead atoms. The van der Waals surface area contributed by atoms with Crippen LogP contribution < -0.4 is 5.32 Å². The number of nitrogens with zero attached hydrogens (tertiary/aromatic N) is 2. The number of hydrogen-bond acceptors (Lipinski definition) is 3. The van der Waals surface area contributed by atoms with Gasteiger partial charge in [0.1, 0.15) is 23.4 Å². The molecule has 0 radical (unpaired) electrons. The van der Waals surface area contributed by atoms with Crippen LogP contribution in [0.25, 0.3) is 0 Å². The quantitative estimate of drug-likeness (QED) is 0.846. The topological polar surface area (TPSA) is 48.7 Å². The van der Waals surface area contributed by atoms with Gasteiger partial charge in [-0.05, 0) is 36.8 Å². The summed E-state index contributed by atoms with van der Waals surface area (Å²) < 4.78 is 51.2. The first-order chi connectivity index (χ1) is 9.81. The van der Waals surface area contributed by atoms with Gasteiger partial charge < -0.3 is 5.32 Å². The lowest BCUT2D eigenvalue weighted by molar-refractivity contribution is -0.141. The third-order valence-corrected chi connectivity index (χ3v) is 2.76. The van der Waals surface area contributed by atoms with Gasteiger partial charge in [0.15, 0.2) is 0 Å². The number of alkyl halides is 3. The van der Waals surface area contributed by atoms with Gasteiger partial charge in [-0.2, -0.15) is 18.4 Å². The molecule has 21 heavy (non-hydrogen) atoms. The maximum absolute atomic E-state index is 13.2. The summed E-state index contributed by atoms with van der Waals surface area (Å²) in [5.41, 5.74) is -0.331. The van der Waals surface area contributed by atoms with E-state index in [1.165, 1.54) is 12.1 Å². The average Bonchev–Trinajstić information content (AvgIpc) is 2.42. The standard InChI is InChI=1S/C14H9F4N3/c1-8-2-4-10(15)6-11(8)20-13-9(7-19)3-5-12(21-13)14(16,17)18/h2-6H,1H3,(H,20,21). The number of hydrogen-bond donors (Lipinski definition) is 1. The van der Waals surface area contributed by atoms with Gasteiger partial charge in [-0.3, -0.25) is 0 Å². The Morgan fingerprint density at radius 1 is 1.19 bits per heavy atom. The molecule has 0 aliphatic rings. The highest BCUT2D eigenvalue weighted by Gasteiger charge is 2.33. The Bertz CT molecular complexity index is 717. The molecule has 2 aromatic rings. The third-order valence-electron chi connectivity index (χ3n) is 2.76. The molecule has 7 heteroatoms. The van der Waals surface area contributed by atoms with Gasteiger partial charge in [0.05, 0.1) is 5.56 Å². The summed E-state index contributed by atoms with van der Waals surface area (Å²) in [6, 6.07) is 7.31. The average molecular weight is 295 g/mol. The van der Waals surface area contributed by atoms with Gasteiger partial charge in [0.2, 0.25) is 0 Å². The van der Waals surface area contributed by atoms with Crippen LogP contribution in [0.15, 0.2) is 30.3 Å². The lowest BCUT2D eigenvalue weighted by Crippen LogP contribution is -2.10. The Kier molecular flexibility index (Phi) is 3.80. The Hall–Kier alpha value is -2.62. The van der Waals surface area contributed by atoms with Crippen LogP contribution in [0.2, 0.25) is 0 Å². The highest BCUT2D eigenvalue weighted by Crippen LogP contribution is 2.30. The van der Waals surface area contributed by atoms with Crippen molar-refractivity contribution in [1.82, 2.24) is 4.98 Å². The van der Waals surface area contributed by atoms with Gasteiger partial charge in [-0.25, -0.2) is 9.37 Å². The molecule has 0 aliphatic heterocycles. The molecule has 0 saturated carbocycles. The maximum Gasteiger partial charge on any atom is 0.433 e. The fourth-order valence-electron chi connectivity index (χ4n) is 1.66. The number of halogens is 4. The van der Waals surface area contributed by atoms with Gasteiger partial charge in [0.25, 0.3) is 0 Å². The Balaban J connectivity index is 2.47. The van der Waals surface area contributed by atoms with Crippen molar-refractivity contribution in [3.8, 4) is 6.07 Å². The van der Waals surface area contributed by atoms with Crippen molar-refractivity contribution in [2.24, 2.45) is 0 Å². The zero-order valence-electron chi connectivity index (χ0n) is 10.8. The van der Waals surface area contributed by atoms with Crippen LogP contribution in [0.4, 0.5) is 29.1 Å². The second-order valence-corrected chi connectivity index (χ2v) is 4.29.